The molecule has 0 bridgehead atoms. The van der Waals surface area contributed by atoms with Gasteiger partial charge in [0.05, 0.1) is 10.6 Å². The highest BCUT2D eigenvalue weighted by molar-refractivity contribution is 9.10. The molecule has 0 unspecified atom stereocenters. The first-order valence-electron chi connectivity index (χ1n) is 10.8. The van der Waals surface area contributed by atoms with Gasteiger partial charge in [0.25, 0.3) is 17.5 Å². The molecule has 1 fully saturated rings. The Bertz CT molecular complexity index is 1570. The van der Waals surface area contributed by atoms with Crippen LogP contribution in [0.15, 0.2) is 89.0 Å². The quantitative estimate of drug-likeness (QED) is 0.164. The van der Waals surface area contributed by atoms with Crippen LogP contribution in [-0.2, 0) is 16.1 Å². The van der Waals surface area contributed by atoms with E-state index < -0.39 is 22.8 Å². The zero-order valence-corrected chi connectivity index (χ0v) is 20.1. The van der Waals surface area contributed by atoms with Crippen LogP contribution in [0.25, 0.3) is 17.0 Å². The third-order valence-electron chi connectivity index (χ3n) is 5.81. The third-order valence-corrected chi connectivity index (χ3v) is 6.33. The number of amides is 4. The van der Waals surface area contributed by atoms with Crippen molar-refractivity contribution in [2.75, 3.05) is 4.90 Å². The fourth-order valence-corrected chi connectivity index (χ4v) is 4.34. The van der Waals surface area contributed by atoms with E-state index in [1.807, 2.05) is 28.8 Å². The van der Waals surface area contributed by atoms with Gasteiger partial charge in [0, 0.05) is 45.8 Å². The van der Waals surface area contributed by atoms with Crippen molar-refractivity contribution in [3.05, 3.63) is 110 Å². The fraction of sp³-hybridized carbons (Fsp3) is 0.0385. The second-order valence-corrected chi connectivity index (χ2v) is 9.00. The number of urea groups is 1. The summed E-state index contributed by atoms with van der Waals surface area (Å²) >= 11 is 3.32. The summed E-state index contributed by atoms with van der Waals surface area (Å²) < 4.78 is 2.72. The number of hydrogen-bond acceptors (Lipinski definition) is 5. The van der Waals surface area contributed by atoms with Crippen molar-refractivity contribution in [1.29, 1.82) is 0 Å². The average Bonchev–Trinajstić information content (AvgIpc) is 3.20. The number of anilines is 1. The number of non-ortho nitro benzene ring substituents is 1. The van der Waals surface area contributed by atoms with Crippen molar-refractivity contribution in [2.24, 2.45) is 0 Å². The molecular weight excluding hydrogens is 528 g/mol. The van der Waals surface area contributed by atoms with Crippen LogP contribution in [-0.4, -0.2) is 27.3 Å². The topological polar surface area (TPSA) is 115 Å². The predicted molar refractivity (Wildman–Crippen MR) is 137 cm³/mol. The van der Waals surface area contributed by atoms with Gasteiger partial charge in [0.15, 0.2) is 0 Å². The van der Waals surface area contributed by atoms with Crippen molar-refractivity contribution < 1.29 is 19.3 Å². The number of carbonyl (C=O) groups excluding carboxylic acids is 3. The van der Waals surface area contributed by atoms with Crippen LogP contribution in [0.4, 0.5) is 16.2 Å². The molecule has 0 radical (unpaired) electrons. The zero-order valence-electron chi connectivity index (χ0n) is 18.6. The molecule has 10 heteroatoms. The highest BCUT2D eigenvalue weighted by atomic mass is 79.9. The zero-order chi connectivity index (χ0) is 25.4. The largest absolute Gasteiger partial charge is 0.342 e. The van der Waals surface area contributed by atoms with E-state index in [0.29, 0.717) is 17.8 Å². The van der Waals surface area contributed by atoms with E-state index in [2.05, 4.69) is 21.2 Å². The summed E-state index contributed by atoms with van der Waals surface area (Å²) in [5, 5.41) is 14.0. The lowest BCUT2D eigenvalue weighted by Crippen LogP contribution is -2.54. The van der Waals surface area contributed by atoms with Gasteiger partial charge in [-0.25, -0.2) is 9.69 Å². The molecule has 1 aromatic heterocycles. The predicted octanol–water partition coefficient (Wildman–Crippen LogP) is 5.03. The van der Waals surface area contributed by atoms with E-state index in [4.69, 9.17) is 0 Å². The molecule has 3 aromatic carbocycles. The van der Waals surface area contributed by atoms with Gasteiger partial charge in [0.2, 0.25) is 0 Å². The second kappa shape index (κ2) is 9.23. The number of carbonyl (C=O) groups is 3. The van der Waals surface area contributed by atoms with Crippen LogP contribution in [0.5, 0.6) is 0 Å². The number of imide groups is 2. The van der Waals surface area contributed by atoms with E-state index in [1.165, 1.54) is 18.2 Å². The van der Waals surface area contributed by atoms with Gasteiger partial charge < -0.3 is 4.57 Å². The molecular formula is C26H17BrN4O5. The minimum Gasteiger partial charge on any atom is -0.342 e. The molecule has 4 amide bonds. The van der Waals surface area contributed by atoms with E-state index in [0.717, 1.165) is 25.8 Å². The number of nitrogens with one attached hydrogen (secondary N) is 1. The van der Waals surface area contributed by atoms with Gasteiger partial charge in [-0.15, -0.1) is 0 Å². The summed E-state index contributed by atoms with van der Waals surface area (Å²) in [6, 6.07) is 19.5. The lowest BCUT2D eigenvalue weighted by atomic mass is 10.1. The number of nitro benzene ring substituents is 1. The Labute approximate surface area is 212 Å². The van der Waals surface area contributed by atoms with Gasteiger partial charge in [-0.1, -0.05) is 46.3 Å². The molecule has 36 heavy (non-hydrogen) atoms. The molecule has 9 nitrogen and oxygen atoms in total. The Balaban J connectivity index is 1.53. The molecule has 178 valence electrons. The number of nitrogens with zero attached hydrogens (tertiary/aromatic N) is 3. The first-order chi connectivity index (χ1) is 17.3. The van der Waals surface area contributed by atoms with E-state index in [-0.39, 0.29) is 11.3 Å². The highest BCUT2D eigenvalue weighted by Gasteiger charge is 2.37. The van der Waals surface area contributed by atoms with E-state index in [1.54, 1.807) is 42.6 Å². The molecule has 5 rings (SSSR count). The number of benzene rings is 3. The Morgan fingerprint density at radius 3 is 2.33 bits per heavy atom. The lowest BCUT2D eigenvalue weighted by Gasteiger charge is -2.26. The van der Waals surface area contributed by atoms with Crippen LogP contribution < -0.4 is 10.2 Å². The number of nitro groups is 1. The summed E-state index contributed by atoms with van der Waals surface area (Å²) in [5.74, 6) is -1.50. The number of fused-ring (bicyclic) bond motifs is 1. The first kappa shape index (κ1) is 23.2. The lowest BCUT2D eigenvalue weighted by molar-refractivity contribution is -0.384. The Morgan fingerprint density at radius 1 is 0.944 bits per heavy atom. The van der Waals surface area contributed by atoms with Crippen LogP contribution in [0, 0.1) is 10.1 Å². The van der Waals surface area contributed by atoms with Crippen molar-refractivity contribution in [3.63, 3.8) is 0 Å². The number of halogens is 1. The Morgan fingerprint density at radius 2 is 1.64 bits per heavy atom. The fourth-order valence-electron chi connectivity index (χ4n) is 4.08. The molecule has 0 spiro atoms. The summed E-state index contributed by atoms with van der Waals surface area (Å²) in [5.41, 5.74) is 2.49. The number of aromatic nitrogens is 1. The van der Waals surface area contributed by atoms with E-state index in [9.17, 15) is 24.5 Å². The molecule has 2 heterocycles. The third kappa shape index (κ3) is 4.29. The minimum atomic E-state index is -0.815. The average molecular weight is 545 g/mol. The van der Waals surface area contributed by atoms with Gasteiger partial charge in [-0.2, -0.15) is 0 Å². The molecule has 0 saturated carbocycles. The maximum atomic E-state index is 13.3. The SMILES string of the molecule is O=C1NC(=O)N(c2ccc(Br)cc2)C(=O)C1=Cc1cn(Cc2ccc([N+](=O)[O-])cc2)c2ccccc12. The second-order valence-electron chi connectivity index (χ2n) is 8.09. The van der Waals surface area contributed by atoms with Crippen molar-refractivity contribution >= 4 is 62.1 Å². The maximum absolute atomic E-state index is 13.3. The van der Waals surface area contributed by atoms with Crippen LogP contribution >= 0.6 is 15.9 Å². The maximum Gasteiger partial charge on any atom is 0.335 e. The van der Waals surface area contributed by atoms with Crippen molar-refractivity contribution in [2.45, 2.75) is 6.54 Å². The number of hydrogen-bond donors (Lipinski definition) is 1. The number of para-hydroxylation sites is 1. The summed E-state index contributed by atoms with van der Waals surface area (Å²) in [7, 11) is 0. The monoisotopic (exact) mass is 544 g/mol. The van der Waals surface area contributed by atoms with E-state index >= 15 is 0 Å². The molecule has 4 aromatic rings. The van der Waals surface area contributed by atoms with Crippen LogP contribution in [0.2, 0.25) is 0 Å². The minimum absolute atomic E-state index is 0.00763. The Kier molecular flexibility index (Phi) is 5.95. The van der Waals surface area contributed by atoms with Crippen molar-refractivity contribution in [1.82, 2.24) is 9.88 Å². The summed E-state index contributed by atoms with van der Waals surface area (Å²) in [6.45, 7) is 0.422. The first-order valence-corrected chi connectivity index (χ1v) is 11.6. The summed E-state index contributed by atoms with van der Waals surface area (Å²) in [4.78, 5) is 49.8. The molecule has 1 aliphatic heterocycles. The smallest absolute Gasteiger partial charge is 0.335 e. The molecule has 0 aliphatic carbocycles. The molecule has 1 aliphatic rings. The van der Waals surface area contributed by atoms with Gasteiger partial charge in [0.1, 0.15) is 5.57 Å². The van der Waals surface area contributed by atoms with Crippen LogP contribution in [0.3, 0.4) is 0 Å². The van der Waals surface area contributed by atoms with Gasteiger partial charge >= 0.3 is 6.03 Å². The number of rotatable bonds is 5. The molecule has 0 atom stereocenters. The molecule has 1 N–H and O–H groups in total. The van der Waals surface area contributed by atoms with Gasteiger partial charge in [-0.3, -0.25) is 25.0 Å². The number of barbiturate groups is 1. The van der Waals surface area contributed by atoms with Crippen LogP contribution in [0.1, 0.15) is 11.1 Å². The standard InChI is InChI=1S/C26H17BrN4O5/c27-18-7-11-19(12-8-18)30-25(33)22(24(32)28-26(30)34)13-17-15-29(23-4-2-1-3-21(17)23)14-16-5-9-20(10-6-16)31(35)36/h1-13,15H,14H2,(H,28,32,34). The van der Waals surface area contributed by atoms with Crippen molar-refractivity contribution in [3.8, 4) is 0 Å². The summed E-state index contributed by atoms with van der Waals surface area (Å²) in [6.07, 6.45) is 3.28. The normalized spacial score (nSPS) is 15.0. The highest BCUT2D eigenvalue weighted by Crippen LogP contribution is 2.28. The molecule has 1 saturated heterocycles. The Hall–Kier alpha value is -4.57. The van der Waals surface area contributed by atoms with Gasteiger partial charge in [-0.05, 0) is 42.0 Å².